The van der Waals surface area contributed by atoms with Crippen molar-refractivity contribution >= 4 is 18.3 Å². The largest absolute Gasteiger partial charge is 0.342 e. The second-order valence-electron chi connectivity index (χ2n) is 3.28. The molecule has 1 saturated heterocycles. The summed E-state index contributed by atoms with van der Waals surface area (Å²) in [4.78, 5) is 12.7. The van der Waals surface area contributed by atoms with Gasteiger partial charge in [0.25, 0.3) is 5.92 Å². The number of halogens is 3. The molecule has 1 amide bonds. The molecule has 0 aromatic rings. The van der Waals surface area contributed by atoms with Crippen LogP contribution in [-0.4, -0.2) is 36.4 Å². The monoisotopic (exact) mass is 228 g/mol. The third-order valence-corrected chi connectivity index (χ3v) is 2.21. The highest BCUT2D eigenvalue weighted by Gasteiger charge is 2.35. The first-order chi connectivity index (χ1) is 6.05. The lowest BCUT2D eigenvalue weighted by Crippen LogP contribution is -2.43. The summed E-state index contributed by atoms with van der Waals surface area (Å²) in [6, 6.07) is 0. The van der Waals surface area contributed by atoms with Gasteiger partial charge in [0.1, 0.15) is 0 Å². The Hall–Kier alpha value is -0.420. The van der Waals surface area contributed by atoms with Crippen molar-refractivity contribution in [2.75, 3.05) is 19.6 Å². The predicted octanol–water partition coefficient (Wildman–Crippen LogP) is 1.01. The fourth-order valence-corrected chi connectivity index (χ4v) is 1.36. The average Bonchev–Trinajstić information content (AvgIpc) is 2.04. The number of rotatable bonds is 2. The smallest absolute Gasteiger partial charge is 0.251 e. The van der Waals surface area contributed by atoms with E-state index in [2.05, 4.69) is 0 Å². The van der Waals surface area contributed by atoms with Gasteiger partial charge >= 0.3 is 0 Å². The third-order valence-electron chi connectivity index (χ3n) is 2.21. The van der Waals surface area contributed by atoms with Crippen LogP contribution in [0.5, 0.6) is 0 Å². The molecule has 1 fully saturated rings. The second-order valence-corrected chi connectivity index (χ2v) is 3.28. The van der Waals surface area contributed by atoms with E-state index in [1.54, 1.807) is 0 Å². The van der Waals surface area contributed by atoms with E-state index in [0.717, 1.165) is 0 Å². The van der Waals surface area contributed by atoms with Gasteiger partial charge in [-0.1, -0.05) is 0 Å². The second kappa shape index (κ2) is 5.46. The zero-order valence-corrected chi connectivity index (χ0v) is 8.66. The topological polar surface area (TPSA) is 46.3 Å². The predicted molar refractivity (Wildman–Crippen MR) is 51.7 cm³/mol. The van der Waals surface area contributed by atoms with Crippen LogP contribution in [0.2, 0.25) is 0 Å². The zero-order valence-electron chi connectivity index (χ0n) is 7.84. The molecule has 0 aromatic carbocycles. The number of likely N-dealkylation sites (tertiary alicyclic amines) is 1. The molecule has 1 rings (SSSR count). The van der Waals surface area contributed by atoms with Crippen molar-refractivity contribution in [1.82, 2.24) is 4.90 Å². The number of hydrogen-bond donors (Lipinski definition) is 1. The minimum atomic E-state index is -2.58. The van der Waals surface area contributed by atoms with Crippen LogP contribution in [0.1, 0.15) is 19.3 Å². The molecule has 0 unspecified atom stereocenters. The number of amides is 1. The van der Waals surface area contributed by atoms with Gasteiger partial charge in [-0.2, -0.15) is 0 Å². The molecule has 0 aromatic heterocycles. The van der Waals surface area contributed by atoms with Gasteiger partial charge in [0.05, 0.1) is 0 Å². The molecular formula is C8H15ClF2N2O. The van der Waals surface area contributed by atoms with Crippen LogP contribution in [0.3, 0.4) is 0 Å². The molecule has 14 heavy (non-hydrogen) atoms. The van der Waals surface area contributed by atoms with E-state index in [1.807, 2.05) is 0 Å². The number of alkyl halides is 2. The minimum absolute atomic E-state index is 0. The molecule has 1 aliphatic heterocycles. The Balaban J connectivity index is 0.00000169. The van der Waals surface area contributed by atoms with E-state index in [-0.39, 0.29) is 57.2 Å². The molecule has 1 heterocycles. The quantitative estimate of drug-likeness (QED) is 0.767. The standard InChI is InChI=1S/C8H14F2N2O.ClH/c9-8(10)2-5-12(6-3-8)7(13)1-4-11;/h1-6,11H2;1H. The van der Waals surface area contributed by atoms with Crippen LogP contribution in [0.25, 0.3) is 0 Å². The van der Waals surface area contributed by atoms with Crippen molar-refractivity contribution in [2.45, 2.75) is 25.2 Å². The first-order valence-corrected chi connectivity index (χ1v) is 4.41. The zero-order chi connectivity index (χ0) is 9.90. The van der Waals surface area contributed by atoms with Gasteiger partial charge in [-0.15, -0.1) is 12.4 Å². The summed E-state index contributed by atoms with van der Waals surface area (Å²) in [5, 5.41) is 0. The van der Waals surface area contributed by atoms with E-state index in [0.29, 0.717) is 0 Å². The highest BCUT2D eigenvalue weighted by atomic mass is 35.5. The molecule has 0 saturated carbocycles. The average molecular weight is 229 g/mol. The Labute approximate surface area is 88.0 Å². The van der Waals surface area contributed by atoms with Crippen LogP contribution < -0.4 is 5.73 Å². The summed E-state index contributed by atoms with van der Waals surface area (Å²) in [5.74, 6) is -2.70. The lowest BCUT2D eigenvalue weighted by atomic mass is 10.1. The molecule has 3 nitrogen and oxygen atoms in total. The van der Waals surface area contributed by atoms with Crippen LogP contribution >= 0.6 is 12.4 Å². The van der Waals surface area contributed by atoms with E-state index >= 15 is 0 Å². The maximum Gasteiger partial charge on any atom is 0.251 e. The van der Waals surface area contributed by atoms with E-state index in [9.17, 15) is 13.6 Å². The Bertz CT molecular complexity index is 192. The number of piperidine rings is 1. The summed E-state index contributed by atoms with van der Waals surface area (Å²) in [6.45, 7) is 0.601. The van der Waals surface area contributed by atoms with Crippen molar-refractivity contribution in [3.8, 4) is 0 Å². The summed E-state index contributed by atoms with van der Waals surface area (Å²) >= 11 is 0. The van der Waals surface area contributed by atoms with Gasteiger partial charge in [-0.25, -0.2) is 8.78 Å². The molecule has 2 N–H and O–H groups in total. The van der Waals surface area contributed by atoms with E-state index in [4.69, 9.17) is 5.73 Å². The lowest BCUT2D eigenvalue weighted by molar-refractivity contribution is -0.137. The van der Waals surface area contributed by atoms with E-state index in [1.165, 1.54) is 4.90 Å². The highest BCUT2D eigenvalue weighted by Crippen LogP contribution is 2.27. The van der Waals surface area contributed by atoms with Crippen LogP contribution in [-0.2, 0) is 4.79 Å². The first kappa shape index (κ1) is 13.6. The molecule has 1 aliphatic rings. The SMILES string of the molecule is Cl.NCCC(=O)N1CCC(F)(F)CC1. The lowest BCUT2D eigenvalue weighted by Gasteiger charge is -2.31. The van der Waals surface area contributed by atoms with Crippen molar-refractivity contribution in [3.05, 3.63) is 0 Å². The van der Waals surface area contributed by atoms with Crippen molar-refractivity contribution in [3.63, 3.8) is 0 Å². The molecule has 0 atom stereocenters. The van der Waals surface area contributed by atoms with Gasteiger partial charge in [0.2, 0.25) is 5.91 Å². The molecule has 6 heteroatoms. The Kier molecular flexibility index (Phi) is 5.29. The molecule has 84 valence electrons. The third kappa shape index (κ3) is 3.75. The Morgan fingerprint density at radius 3 is 2.29 bits per heavy atom. The van der Waals surface area contributed by atoms with Gasteiger partial charge in [0, 0.05) is 38.9 Å². The molecule has 0 aliphatic carbocycles. The van der Waals surface area contributed by atoms with Gasteiger partial charge < -0.3 is 10.6 Å². The first-order valence-electron chi connectivity index (χ1n) is 4.41. The molecule has 0 spiro atoms. The fraction of sp³-hybridized carbons (Fsp3) is 0.875. The Morgan fingerprint density at radius 2 is 1.86 bits per heavy atom. The van der Waals surface area contributed by atoms with Crippen LogP contribution in [0.4, 0.5) is 8.78 Å². The minimum Gasteiger partial charge on any atom is -0.342 e. The summed E-state index contributed by atoms with van der Waals surface area (Å²) < 4.78 is 25.3. The number of nitrogens with two attached hydrogens (primary N) is 1. The van der Waals surface area contributed by atoms with Crippen LogP contribution in [0.15, 0.2) is 0 Å². The van der Waals surface area contributed by atoms with Gasteiger partial charge in [-0.3, -0.25) is 4.79 Å². The van der Waals surface area contributed by atoms with Gasteiger partial charge in [-0.05, 0) is 0 Å². The maximum absolute atomic E-state index is 12.7. The molecule has 0 radical (unpaired) electrons. The summed E-state index contributed by atoms with van der Waals surface area (Å²) in [6.07, 6.45) is -0.182. The number of nitrogens with zero attached hydrogens (tertiary/aromatic N) is 1. The number of carbonyl (C=O) groups is 1. The summed E-state index contributed by atoms with van der Waals surface area (Å²) in [5.41, 5.74) is 5.19. The number of carbonyl (C=O) groups excluding carboxylic acids is 1. The summed E-state index contributed by atoms with van der Waals surface area (Å²) in [7, 11) is 0. The maximum atomic E-state index is 12.7. The number of hydrogen-bond acceptors (Lipinski definition) is 2. The molecular weight excluding hydrogens is 214 g/mol. The van der Waals surface area contributed by atoms with Crippen molar-refractivity contribution < 1.29 is 13.6 Å². The van der Waals surface area contributed by atoms with Crippen molar-refractivity contribution in [2.24, 2.45) is 5.73 Å². The van der Waals surface area contributed by atoms with E-state index < -0.39 is 5.92 Å². The Morgan fingerprint density at radius 1 is 1.36 bits per heavy atom. The van der Waals surface area contributed by atoms with Gasteiger partial charge in [0.15, 0.2) is 0 Å². The fourth-order valence-electron chi connectivity index (χ4n) is 1.36. The highest BCUT2D eigenvalue weighted by molar-refractivity contribution is 5.85. The van der Waals surface area contributed by atoms with Crippen molar-refractivity contribution in [1.29, 1.82) is 0 Å². The van der Waals surface area contributed by atoms with Crippen LogP contribution in [0, 0.1) is 0 Å². The molecule has 0 bridgehead atoms. The normalized spacial score (nSPS) is 20.1.